The molecule has 1 amide bonds. The van der Waals surface area contributed by atoms with Gasteiger partial charge in [-0.15, -0.1) is 11.8 Å². The number of thioether (sulfide) groups is 1. The first kappa shape index (κ1) is 22.1. The van der Waals surface area contributed by atoms with Crippen molar-refractivity contribution in [3.63, 3.8) is 0 Å². The second-order valence-corrected chi connectivity index (χ2v) is 10.4. The second kappa shape index (κ2) is 8.90. The number of imidazole rings is 1. The summed E-state index contributed by atoms with van der Waals surface area (Å²) in [6, 6.07) is 15.2. The number of anilines is 1. The van der Waals surface area contributed by atoms with E-state index in [-0.39, 0.29) is 11.0 Å². The number of carbonyl (C=O) groups is 1. The van der Waals surface area contributed by atoms with E-state index in [1.54, 1.807) is 11.8 Å². The average Bonchev–Trinajstić information content (AvgIpc) is 3.22. The summed E-state index contributed by atoms with van der Waals surface area (Å²) in [5.41, 5.74) is 5.56. The van der Waals surface area contributed by atoms with Gasteiger partial charge in [0.15, 0.2) is 0 Å². The number of amides is 1. The minimum atomic E-state index is -0.336. The van der Waals surface area contributed by atoms with Crippen molar-refractivity contribution in [3.05, 3.63) is 71.6 Å². The molecule has 2 aromatic carbocycles. The zero-order valence-corrected chi connectivity index (χ0v) is 20.4. The van der Waals surface area contributed by atoms with Gasteiger partial charge in [-0.1, -0.05) is 42.5 Å². The zero-order chi connectivity index (χ0) is 23.0. The minimum Gasteiger partial charge on any atom is -0.452 e. The van der Waals surface area contributed by atoms with Crippen LogP contribution in [0.1, 0.15) is 55.6 Å². The van der Waals surface area contributed by atoms with Gasteiger partial charge in [-0.25, -0.2) is 9.78 Å². The number of aromatic nitrogens is 2. The maximum Gasteiger partial charge on any atom is 0.415 e. The Morgan fingerprint density at radius 2 is 2.03 bits per heavy atom. The molecule has 3 aromatic rings. The number of hydrogen-bond donors (Lipinski definition) is 0. The Morgan fingerprint density at radius 3 is 2.73 bits per heavy atom. The average molecular weight is 462 g/mol. The molecule has 6 heteroatoms. The van der Waals surface area contributed by atoms with Crippen molar-refractivity contribution in [1.29, 1.82) is 0 Å². The summed E-state index contributed by atoms with van der Waals surface area (Å²) < 4.78 is 7.67. The van der Waals surface area contributed by atoms with Gasteiger partial charge < -0.3 is 9.30 Å². The van der Waals surface area contributed by atoms with Crippen LogP contribution in [-0.2, 0) is 17.6 Å². The molecule has 33 heavy (non-hydrogen) atoms. The highest BCUT2D eigenvalue weighted by atomic mass is 32.2. The Labute approximate surface area is 199 Å². The van der Waals surface area contributed by atoms with Gasteiger partial charge in [-0.2, -0.15) is 0 Å². The number of benzene rings is 2. The molecule has 5 rings (SSSR count). The van der Waals surface area contributed by atoms with Gasteiger partial charge in [0, 0.05) is 18.0 Å². The van der Waals surface area contributed by atoms with Crippen LogP contribution in [0.4, 0.5) is 10.5 Å². The number of nitrogens with zero attached hydrogens (tertiary/aromatic N) is 3. The number of hydrogen-bond acceptors (Lipinski definition) is 4. The number of aryl methyl sites for hydroxylation is 1. The number of rotatable bonds is 4. The summed E-state index contributed by atoms with van der Waals surface area (Å²) >= 11 is 1.69. The van der Waals surface area contributed by atoms with E-state index >= 15 is 0 Å². The number of fused-ring (bicyclic) bond motifs is 3. The third-order valence-electron chi connectivity index (χ3n) is 7.18. The summed E-state index contributed by atoms with van der Waals surface area (Å²) in [4.78, 5) is 19.6. The van der Waals surface area contributed by atoms with Crippen molar-refractivity contribution >= 4 is 34.6 Å². The SMILES string of the molecule is COC(=O)N1c2ccc3c(nc(Cc4ccccc4)n3C3CC=CCC3)c2CCC1(C)SC. The molecule has 5 nitrogen and oxygen atoms in total. The Kier molecular flexibility index (Phi) is 5.95. The lowest BCUT2D eigenvalue weighted by atomic mass is 9.95. The molecule has 0 N–H and O–H groups in total. The molecule has 1 aromatic heterocycles. The molecule has 2 aliphatic rings. The van der Waals surface area contributed by atoms with E-state index in [9.17, 15) is 4.79 Å². The van der Waals surface area contributed by atoms with E-state index in [0.717, 1.165) is 61.1 Å². The van der Waals surface area contributed by atoms with Gasteiger partial charge in [0.05, 0.1) is 28.7 Å². The van der Waals surface area contributed by atoms with E-state index in [2.05, 4.69) is 72.4 Å². The molecule has 0 spiro atoms. The molecule has 1 aliphatic heterocycles. The molecular weight excluding hydrogens is 430 g/mol. The fourth-order valence-electron chi connectivity index (χ4n) is 5.33. The van der Waals surface area contributed by atoms with Gasteiger partial charge in [-0.3, -0.25) is 4.90 Å². The highest BCUT2D eigenvalue weighted by Crippen LogP contribution is 2.45. The van der Waals surface area contributed by atoms with Gasteiger partial charge in [-0.05, 0) is 63.0 Å². The standard InChI is InChI=1S/C27H31N3O2S/c1-27(33-3)17-16-21-22(30(27)26(31)32-2)14-15-23-25(21)28-24(18-19-10-6-4-7-11-19)29(23)20-12-8-5-9-13-20/h4-8,10-11,14-15,20H,9,12-13,16-18H2,1-3H3. The van der Waals surface area contributed by atoms with E-state index < -0.39 is 0 Å². The van der Waals surface area contributed by atoms with Gasteiger partial charge in [0.2, 0.25) is 0 Å². The Morgan fingerprint density at radius 1 is 1.21 bits per heavy atom. The molecule has 0 bridgehead atoms. The first-order chi connectivity index (χ1) is 16.1. The molecule has 172 valence electrons. The Hall–Kier alpha value is -2.73. The third kappa shape index (κ3) is 3.84. The van der Waals surface area contributed by atoms with Gasteiger partial charge >= 0.3 is 6.09 Å². The molecular formula is C27H31N3O2S. The predicted octanol–water partition coefficient (Wildman–Crippen LogP) is 6.51. The maximum absolute atomic E-state index is 12.9. The summed E-state index contributed by atoms with van der Waals surface area (Å²) in [6.45, 7) is 2.12. The lowest BCUT2D eigenvalue weighted by molar-refractivity contribution is 0.174. The monoisotopic (exact) mass is 461 g/mol. The quantitative estimate of drug-likeness (QED) is 0.416. The van der Waals surface area contributed by atoms with Crippen LogP contribution in [0.5, 0.6) is 0 Å². The van der Waals surface area contributed by atoms with Crippen molar-refractivity contribution in [3.8, 4) is 0 Å². The lowest BCUT2D eigenvalue weighted by Crippen LogP contribution is -2.50. The van der Waals surface area contributed by atoms with Crippen LogP contribution in [-0.4, -0.2) is 33.9 Å². The fraction of sp³-hybridized carbons (Fsp3) is 0.407. The lowest BCUT2D eigenvalue weighted by Gasteiger charge is -2.43. The van der Waals surface area contributed by atoms with Crippen molar-refractivity contribution in [2.45, 2.75) is 56.4 Å². The van der Waals surface area contributed by atoms with Crippen LogP contribution in [0.2, 0.25) is 0 Å². The number of methoxy groups -OCH3 is 1. The maximum atomic E-state index is 12.9. The fourth-order valence-corrected chi connectivity index (χ4v) is 5.99. The molecule has 0 fully saturated rings. The second-order valence-electron chi connectivity index (χ2n) is 9.11. The highest BCUT2D eigenvalue weighted by molar-refractivity contribution is 8.00. The summed E-state index contributed by atoms with van der Waals surface area (Å²) in [5, 5.41) is 0. The molecule has 1 aliphatic carbocycles. The van der Waals surface area contributed by atoms with Crippen LogP contribution >= 0.6 is 11.8 Å². The van der Waals surface area contributed by atoms with Gasteiger partial charge in [0.25, 0.3) is 0 Å². The summed E-state index contributed by atoms with van der Waals surface area (Å²) in [6.07, 6.45) is 12.1. The number of allylic oxidation sites excluding steroid dienone is 2. The molecule has 2 unspecified atom stereocenters. The number of ether oxygens (including phenoxy) is 1. The normalized spacial score (nSPS) is 22.4. The van der Waals surface area contributed by atoms with Crippen LogP contribution in [0.3, 0.4) is 0 Å². The van der Waals surface area contributed by atoms with E-state index in [4.69, 9.17) is 9.72 Å². The molecule has 2 atom stereocenters. The highest BCUT2D eigenvalue weighted by Gasteiger charge is 2.42. The van der Waals surface area contributed by atoms with Crippen molar-refractivity contribution in [1.82, 2.24) is 9.55 Å². The molecule has 0 saturated carbocycles. The largest absolute Gasteiger partial charge is 0.452 e. The van der Waals surface area contributed by atoms with Crippen molar-refractivity contribution in [2.75, 3.05) is 18.3 Å². The van der Waals surface area contributed by atoms with Crippen molar-refractivity contribution < 1.29 is 9.53 Å². The van der Waals surface area contributed by atoms with Crippen LogP contribution in [0.25, 0.3) is 11.0 Å². The van der Waals surface area contributed by atoms with E-state index in [1.165, 1.54) is 18.2 Å². The Bertz CT molecular complexity index is 1200. The Balaban J connectivity index is 1.68. The first-order valence-electron chi connectivity index (χ1n) is 11.7. The van der Waals surface area contributed by atoms with Crippen LogP contribution in [0.15, 0.2) is 54.6 Å². The van der Waals surface area contributed by atoms with Crippen LogP contribution < -0.4 is 4.90 Å². The minimum absolute atomic E-state index is 0.312. The summed E-state index contributed by atoms with van der Waals surface area (Å²) in [5.74, 6) is 1.10. The van der Waals surface area contributed by atoms with E-state index in [1.807, 2.05) is 4.90 Å². The topological polar surface area (TPSA) is 47.4 Å². The first-order valence-corrected chi connectivity index (χ1v) is 12.9. The van der Waals surface area contributed by atoms with Crippen LogP contribution in [0, 0.1) is 0 Å². The summed E-state index contributed by atoms with van der Waals surface area (Å²) in [7, 11) is 1.46. The molecule has 0 radical (unpaired) electrons. The molecule has 2 heterocycles. The smallest absolute Gasteiger partial charge is 0.415 e. The zero-order valence-electron chi connectivity index (χ0n) is 19.6. The molecule has 0 saturated heterocycles. The van der Waals surface area contributed by atoms with Gasteiger partial charge in [0.1, 0.15) is 5.82 Å². The van der Waals surface area contributed by atoms with E-state index in [0.29, 0.717) is 6.04 Å². The van der Waals surface area contributed by atoms with Crippen molar-refractivity contribution in [2.24, 2.45) is 0 Å². The third-order valence-corrected chi connectivity index (χ3v) is 8.44. The predicted molar refractivity (Wildman–Crippen MR) is 136 cm³/mol. The number of carbonyl (C=O) groups excluding carboxylic acids is 1.